The summed E-state index contributed by atoms with van der Waals surface area (Å²) >= 11 is 1.36. The van der Waals surface area contributed by atoms with Crippen molar-refractivity contribution >= 4 is 17.7 Å². The predicted octanol–water partition coefficient (Wildman–Crippen LogP) is 3.34. The number of rotatable bonds is 3. The molecule has 1 aromatic carbocycles. The van der Waals surface area contributed by atoms with Gasteiger partial charge in [-0.25, -0.2) is 19.2 Å². The van der Waals surface area contributed by atoms with E-state index in [9.17, 15) is 9.18 Å². The van der Waals surface area contributed by atoms with Gasteiger partial charge in [0.05, 0.1) is 5.56 Å². The van der Waals surface area contributed by atoms with Crippen LogP contribution >= 0.6 is 11.8 Å². The van der Waals surface area contributed by atoms with Gasteiger partial charge in [-0.3, -0.25) is 0 Å². The van der Waals surface area contributed by atoms with Crippen molar-refractivity contribution in [3.63, 3.8) is 0 Å². The molecule has 0 spiro atoms. The van der Waals surface area contributed by atoms with E-state index in [2.05, 4.69) is 9.97 Å². The molecule has 0 aliphatic heterocycles. The molecule has 0 bridgehead atoms. The maximum atomic E-state index is 13.4. The molecule has 0 saturated carbocycles. The van der Waals surface area contributed by atoms with Gasteiger partial charge in [0.2, 0.25) is 0 Å². The Labute approximate surface area is 125 Å². The zero-order valence-electron chi connectivity index (χ0n) is 11.2. The number of carboxylic acids is 1. The number of aryl methyl sites for hydroxylation is 1. The second kappa shape index (κ2) is 5.81. The summed E-state index contributed by atoms with van der Waals surface area (Å²) in [6.07, 6.45) is 5.67. The molecule has 2 aromatic rings. The van der Waals surface area contributed by atoms with Crippen LogP contribution in [0.1, 0.15) is 34.5 Å². The number of halogens is 1. The number of hydrogen-bond acceptors (Lipinski definition) is 4. The van der Waals surface area contributed by atoms with Crippen molar-refractivity contribution in [3.05, 3.63) is 47.2 Å². The number of carboxylic acid groups (broad SMARTS) is 1. The van der Waals surface area contributed by atoms with Crippen LogP contribution in [0.5, 0.6) is 0 Å². The first-order valence-electron chi connectivity index (χ1n) is 6.68. The molecule has 1 aromatic heterocycles. The quantitative estimate of drug-likeness (QED) is 0.881. The van der Waals surface area contributed by atoms with Crippen molar-refractivity contribution in [2.45, 2.75) is 35.6 Å². The highest BCUT2D eigenvalue weighted by Crippen LogP contribution is 2.33. The minimum Gasteiger partial charge on any atom is -0.478 e. The van der Waals surface area contributed by atoms with E-state index in [0.717, 1.165) is 42.0 Å². The molecule has 0 radical (unpaired) electrons. The average Bonchev–Trinajstić information content (AvgIpc) is 2.49. The Bertz CT molecular complexity index is 706. The molecule has 0 atom stereocenters. The molecule has 1 heterocycles. The van der Waals surface area contributed by atoms with Crippen LogP contribution < -0.4 is 0 Å². The molecule has 1 aliphatic rings. The number of aromatic carboxylic acids is 1. The minimum atomic E-state index is -1.26. The number of nitrogens with zero attached hydrogens (tertiary/aromatic N) is 2. The molecule has 0 saturated heterocycles. The summed E-state index contributed by atoms with van der Waals surface area (Å²) in [5.74, 6) is -1.99. The summed E-state index contributed by atoms with van der Waals surface area (Å²) in [4.78, 5) is 20.2. The second-order valence-corrected chi connectivity index (χ2v) is 5.92. The molecule has 1 aliphatic carbocycles. The highest BCUT2D eigenvalue weighted by molar-refractivity contribution is 7.99. The van der Waals surface area contributed by atoms with Gasteiger partial charge in [-0.05, 0) is 43.9 Å². The van der Waals surface area contributed by atoms with Gasteiger partial charge in [-0.15, -0.1) is 0 Å². The standard InChI is InChI=1S/C15H13FN2O2S/c16-12-6-5-9(7-11(12)15(19)20)21-14-10-3-1-2-4-13(10)17-8-18-14/h5-8H,1-4H2,(H,19,20). The maximum absolute atomic E-state index is 13.4. The fourth-order valence-electron chi connectivity index (χ4n) is 2.42. The largest absolute Gasteiger partial charge is 0.478 e. The zero-order valence-corrected chi connectivity index (χ0v) is 12.0. The Kier molecular flexibility index (Phi) is 3.88. The number of hydrogen-bond donors (Lipinski definition) is 1. The van der Waals surface area contributed by atoms with E-state index in [1.165, 1.54) is 30.2 Å². The highest BCUT2D eigenvalue weighted by Gasteiger charge is 2.17. The van der Waals surface area contributed by atoms with Crippen LogP contribution in [-0.4, -0.2) is 21.0 Å². The minimum absolute atomic E-state index is 0.317. The molecule has 1 N–H and O–H groups in total. The lowest BCUT2D eigenvalue weighted by Gasteiger charge is -2.16. The van der Waals surface area contributed by atoms with Crippen molar-refractivity contribution in [1.82, 2.24) is 9.97 Å². The molecule has 0 amide bonds. The van der Waals surface area contributed by atoms with Gasteiger partial charge in [-0.2, -0.15) is 0 Å². The van der Waals surface area contributed by atoms with Crippen molar-refractivity contribution in [3.8, 4) is 0 Å². The monoisotopic (exact) mass is 304 g/mol. The molecule has 4 nitrogen and oxygen atoms in total. The predicted molar refractivity (Wildman–Crippen MR) is 76.2 cm³/mol. The number of aromatic nitrogens is 2. The first kappa shape index (κ1) is 14.0. The van der Waals surface area contributed by atoms with E-state index in [4.69, 9.17) is 5.11 Å². The van der Waals surface area contributed by atoms with E-state index in [1.807, 2.05) is 0 Å². The Balaban J connectivity index is 1.94. The lowest BCUT2D eigenvalue weighted by molar-refractivity contribution is 0.0691. The van der Waals surface area contributed by atoms with E-state index in [0.29, 0.717) is 4.90 Å². The van der Waals surface area contributed by atoms with Gasteiger partial charge in [0.25, 0.3) is 0 Å². The van der Waals surface area contributed by atoms with Crippen molar-refractivity contribution in [1.29, 1.82) is 0 Å². The van der Waals surface area contributed by atoms with Gasteiger partial charge >= 0.3 is 5.97 Å². The summed E-state index contributed by atoms with van der Waals surface area (Å²) in [6.45, 7) is 0. The zero-order chi connectivity index (χ0) is 14.8. The van der Waals surface area contributed by atoms with Crippen LogP contribution in [-0.2, 0) is 12.8 Å². The Morgan fingerprint density at radius 3 is 2.86 bits per heavy atom. The smallest absolute Gasteiger partial charge is 0.338 e. The second-order valence-electron chi connectivity index (χ2n) is 4.86. The first-order chi connectivity index (χ1) is 10.1. The summed E-state index contributed by atoms with van der Waals surface area (Å²) in [7, 11) is 0. The summed E-state index contributed by atoms with van der Waals surface area (Å²) < 4.78 is 13.4. The van der Waals surface area contributed by atoms with Gasteiger partial charge in [0.15, 0.2) is 0 Å². The molecule has 21 heavy (non-hydrogen) atoms. The molecule has 0 fully saturated rings. The lowest BCUT2D eigenvalue weighted by atomic mass is 9.98. The first-order valence-corrected chi connectivity index (χ1v) is 7.50. The van der Waals surface area contributed by atoms with Crippen LogP contribution in [0.15, 0.2) is 34.4 Å². The molecule has 0 unspecified atom stereocenters. The number of benzene rings is 1. The number of carbonyl (C=O) groups is 1. The summed E-state index contributed by atoms with van der Waals surface area (Å²) in [5.41, 5.74) is 1.89. The highest BCUT2D eigenvalue weighted by atomic mass is 32.2. The van der Waals surface area contributed by atoms with Gasteiger partial charge in [0, 0.05) is 16.2 Å². The summed E-state index contributed by atoms with van der Waals surface area (Å²) in [6, 6.07) is 4.10. The molecular weight excluding hydrogens is 291 g/mol. The van der Waals surface area contributed by atoms with Crippen molar-refractivity contribution < 1.29 is 14.3 Å². The lowest BCUT2D eigenvalue weighted by Crippen LogP contribution is -2.08. The topological polar surface area (TPSA) is 63.1 Å². The van der Waals surface area contributed by atoms with Gasteiger partial charge in [-0.1, -0.05) is 11.8 Å². The van der Waals surface area contributed by atoms with E-state index in [1.54, 1.807) is 6.07 Å². The van der Waals surface area contributed by atoms with E-state index in [-0.39, 0.29) is 5.56 Å². The third kappa shape index (κ3) is 2.90. The van der Waals surface area contributed by atoms with Crippen molar-refractivity contribution in [2.75, 3.05) is 0 Å². The molecule has 6 heteroatoms. The molecule has 3 rings (SSSR count). The van der Waals surface area contributed by atoms with Gasteiger partial charge < -0.3 is 5.11 Å². The van der Waals surface area contributed by atoms with Crippen LogP contribution in [0.25, 0.3) is 0 Å². The SMILES string of the molecule is O=C(O)c1cc(Sc2ncnc3c2CCCC3)ccc1F. The summed E-state index contributed by atoms with van der Waals surface area (Å²) in [5, 5.41) is 9.81. The Morgan fingerprint density at radius 2 is 2.05 bits per heavy atom. The maximum Gasteiger partial charge on any atom is 0.338 e. The third-order valence-corrected chi connectivity index (χ3v) is 4.50. The fourth-order valence-corrected chi connectivity index (χ4v) is 3.40. The van der Waals surface area contributed by atoms with Crippen LogP contribution in [0, 0.1) is 5.82 Å². The normalized spacial score (nSPS) is 13.8. The van der Waals surface area contributed by atoms with Gasteiger partial charge in [0.1, 0.15) is 17.2 Å². The van der Waals surface area contributed by atoms with Crippen LogP contribution in [0.4, 0.5) is 4.39 Å². The van der Waals surface area contributed by atoms with Crippen LogP contribution in [0.2, 0.25) is 0 Å². The van der Waals surface area contributed by atoms with Crippen molar-refractivity contribution in [2.24, 2.45) is 0 Å². The Morgan fingerprint density at radius 1 is 1.24 bits per heavy atom. The molecular formula is C15H13FN2O2S. The third-order valence-electron chi connectivity index (χ3n) is 3.47. The van der Waals surface area contributed by atoms with E-state index >= 15 is 0 Å². The average molecular weight is 304 g/mol. The fraction of sp³-hybridized carbons (Fsp3) is 0.267. The Hall–Kier alpha value is -1.95. The van der Waals surface area contributed by atoms with Crippen LogP contribution in [0.3, 0.4) is 0 Å². The number of fused-ring (bicyclic) bond motifs is 1. The molecule has 108 valence electrons. The van der Waals surface area contributed by atoms with E-state index < -0.39 is 11.8 Å².